The minimum absolute atomic E-state index is 0. The maximum absolute atomic E-state index is 15.8. The van der Waals surface area contributed by atoms with Crippen LogP contribution in [0.5, 0.6) is 0 Å². The Morgan fingerprint density at radius 2 is 1.33 bits per heavy atom. The molecule has 0 bridgehead atoms. The molecule has 24 heavy (non-hydrogen) atoms. The zero-order chi connectivity index (χ0) is 15.9. The van der Waals surface area contributed by atoms with Crippen LogP contribution in [0.1, 0.15) is 65.2 Å². The van der Waals surface area contributed by atoms with Crippen molar-refractivity contribution >= 4 is 0 Å². The van der Waals surface area contributed by atoms with E-state index < -0.39 is 16.8 Å². The van der Waals surface area contributed by atoms with Crippen molar-refractivity contribution in [2.75, 3.05) is 0 Å². The van der Waals surface area contributed by atoms with Crippen LogP contribution in [0.15, 0.2) is 12.1 Å². The fourth-order valence-electron chi connectivity index (χ4n) is 3.17. The van der Waals surface area contributed by atoms with Gasteiger partial charge in [0.1, 0.15) is 5.67 Å². The van der Waals surface area contributed by atoms with Crippen molar-refractivity contribution in [1.82, 2.24) is 6.15 Å². The minimum atomic E-state index is -2.03. The van der Waals surface area contributed by atoms with Gasteiger partial charge in [-0.05, 0) is 56.4 Å². The smallest absolute Gasteiger partial charge is 0.173 e. The molecule has 6 heteroatoms. The first-order chi connectivity index (χ1) is 8.86. The van der Waals surface area contributed by atoms with Crippen molar-refractivity contribution in [3.05, 3.63) is 34.4 Å². The van der Waals surface area contributed by atoms with E-state index in [2.05, 4.69) is 0 Å². The van der Waals surface area contributed by atoms with Gasteiger partial charge in [-0.1, -0.05) is 39.8 Å². The average Bonchev–Trinajstić information content (AvgIpc) is 2.28. The van der Waals surface area contributed by atoms with Crippen molar-refractivity contribution in [3.63, 3.8) is 0 Å². The van der Waals surface area contributed by atoms with Gasteiger partial charge in [-0.3, -0.25) is 14.1 Å². The van der Waals surface area contributed by atoms with Gasteiger partial charge in [0.15, 0.2) is 5.67 Å². The molecule has 0 aliphatic carbocycles. The monoisotopic (exact) mass is 361 g/mol. The Bertz CT molecular complexity index is 493. The molecule has 0 aromatic heterocycles. The molecule has 1 unspecified atom stereocenters. The highest BCUT2D eigenvalue weighted by atomic mass is 19.2. The number of aryl methyl sites for hydroxylation is 2. The van der Waals surface area contributed by atoms with Gasteiger partial charge in [0.05, 0.1) is 0 Å². The van der Waals surface area contributed by atoms with Gasteiger partial charge in [0.25, 0.3) is 0 Å². The molecule has 0 saturated carbocycles. The van der Waals surface area contributed by atoms with Crippen LogP contribution in [-0.4, -0.2) is 5.67 Å². The van der Waals surface area contributed by atoms with Gasteiger partial charge in [-0.15, -0.1) is 0 Å². The van der Waals surface area contributed by atoms with E-state index in [9.17, 15) is 4.39 Å². The SMILES string of the molecule is CCc1cc(C(F)(C(C)(C)C)C(C)(C)F)cc(C)c1C.F.F.F.N.[HH]. The zero-order valence-corrected chi connectivity index (χ0v) is 16.0. The number of rotatable bonds is 3. The highest BCUT2D eigenvalue weighted by molar-refractivity contribution is 5.42. The molecule has 148 valence electrons. The van der Waals surface area contributed by atoms with E-state index in [4.69, 9.17) is 0 Å². The molecule has 1 aromatic carbocycles. The second-order valence-electron chi connectivity index (χ2n) is 7.31. The topological polar surface area (TPSA) is 35.0 Å². The van der Waals surface area contributed by atoms with Crippen molar-refractivity contribution in [3.8, 4) is 0 Å². The van der Waals surface area contributed by atoms with Gasteiger partial charge >= 0.3 is 0 Å². The molecule has 1 nitrogen and oxygen atoms in total. The molecule has 0 heterocycles. The van der Waals surface area contributed by atoms with E-state index in [1.54, 1.807) is 26.8 Å². The summed E-state index contributed by atoms with van der Waals surface area (Å²) in [5.74, 6) is 0. The molecule has 3 N–H and O–H groups in total. The number of hydrogen-bond acceptors (Lipinski definition) is 1. The number of hydrogen-bond donors (Lipinski definition) is 1. The first kappa shape index (κ1) is 30.7. The number of halogens is 5. The fraction of sp³-hybridized carbons (Fsp3) is 0.667. The second kappa shape index (κ2) is 9.35. The molecule has 0 amide bonds. The highest BCUT2D eigenvalue weighted by Crippen LogP contribution is 2.52. The quantitative estimate of drug-likeness (QED) is 0.598. The van der Waals surface area contributed by atoms with Crippen LogP contribution in [0.25, 0.3) is 0 Å². The maximum Gasteiger partial charge on any atom is 0.173 e. The normalized spacial score (nSPS) is 13.4. The third-order valence-electron chi connectivity index (χ3n) is 4.41. The molecule has 1 atom stereocenters. The van der Waals surface area contributed by atoms with E-state index in [0.29, 0.717) is 5.56 Å². The molecular weight excluding hydrogens is 325 g/mol. The van der Waals surface area contributed by atoms with Crippen molar-refractivity contribution in [2.24, 2.45) is 5.41 Å². The van der Waals surface area contributed by atoms with Crippen molar-refractivity contribution in [1.29, 1.82) is 0 Å². The van der Waals surface area contributed by atoms with Crippen molar-refractivity contribution in [2.45, 2.75) is 73.1 Å². The Morgan fingerprint density at radius 1 is 0.917 bits per heavy atom. The van der Waals surface area contributed by atoms with Gasteiger partial charge in [0.2, 0.25) is 0 Å². The summed E-state index contributed by atoms with van der Waals surface area (Å²) in [6.45, 7) is 14.0. The molecule has 0 spiro atoms. The Labute approximate surface area is 144 Å². The first-order valence-electron chi connectivity index (χ1n) is 7.34. The molecule has 0 radical (unpaired) electrons. The lowest BCUT2D eigenvalue weighted by atomic mass is 9.65. The van der Waals surface area contributed by atoms with Gasteiger partial charge in [0, 0.05) is 6.84 Å². The molecule has 0 aliphatic heterocycles. The summed E-state index contributed by atoms with van der Waals surface area (Å²) in [5.41, 5.74) is -1.05. The molecule has 0 aliphatic rings. The van der Waals surface area contributed by atoms with Crippen LogP contribution in [0.4, 0.5) is 22.9 Å². The zero-order valence-electron chi connectivity index (χ0n) is 16.0. The van der Waals surface area contributed by atoms with Crippen LogP contribution < -0.4 is 6.15 Å². The first-order valence-corrected chi connectivity index (χ1v) is 7.34. The fourth-order valence-corrected chi connectivity index (χ4v) is 3.17. The summed E-state index contributed by atoms with van der Waals surface area (Å²) in [4.78, 5) is 0. The minimum Gasteiger partial charge on any atom is -0.344 e. The average molecular weight is 361 g/mol. The molecule has 0 saturated heterocycles. The highest BCUT2D eigenvalue weighted by Gasteiger charge is 2.56. The third kappa shape index (κ3) is 4.91. The van der Waals surface area contributed by atoms with Crippen molar-refractivity contribution < 1.29 is 24.3 Å². The van der Waals surface area contributed by atoms with E-state index >= 15 is 4.39 Å². The lowest BCUT2D eigenvalue weighted by molar-refractivity contribution is -0.0984. The summed E-state index contributed by atoms with van der Waals surface area (Å²) in [6.07, 6.45) is 0.827. The molecule has 1 aromatic rings. The lowest BCUT2D eigenvalue weighted by Crippen LogP contribution is -2.50. The largest absolute Gasteiger partial charge is 0.344 e. The summed E-state index contributed by atoms with van der Waals surface area (Å²) >= 11 is 0. The third-order valence-corrected chi connectivity index (χ3v) is 4.41. The van der Waals surface area contributed by atoms with Crippen LogP contribution >= 0.6 is 0 Å². The van der Waals surface area contributed by atoms with Gasteiger partial charge < -0.3 is 6.15 Å². The van der Waals surface area contributed by atoms with Crippen LogP contribution in [-0.2, 0) is 12.1 Å². The van der Waals surface area contributed by atoms with Crippen LogP contribution in [0, 0.1) is 19.3 Å². The van der Waals surface area contributed by atoms with Crippen LogP contribution in [0.2, 0.25) is 0 Å². The van der Waals surface area contributed by atoms with Gasteiger partial charge in [-0.2, -0.15) is 0 Å². The second-order valence-corrected chi connectivity index (χ2v) is 7.31. The summed E-state index contributed by atoms with van der Waals surface area (Å²) in [6, 6.07) is 3.65. The number of benzene rings is 1. The standard InChI is InChI=1S/C18H28F2.3FH.H3N.H2/c1-9-14-11-15(10-12(2)13(14)3)18(20,16(4,5)6)17(7,8)19;;;;;/h10-11H,9H2,1-8H3;3*1H;1H3;1H. The number of alkyl halides is 2. The Hall–Kier alpha value is -1.17. The summed E-state index contributed by atoms with van der Waals surface area (Å²) < 4.78 is 30.5. The maximum atomic E-state index is 15.8. The Balaban J connectivity index is -0.000000267. The van der Waals surface area contributed by atoms with E-state index in [-0.39, 0.29) is 21.7 Å². The summed E-state index contributed by atoms with van der Waals surface area (Å²) in [7, 11) is 0. The van der Waals surface area contributed by atoms with E-state index in [1.165, 1.54) is 19.4 Å². The van der Waals surface area contributed by atoms with E-state index in [0.717, 1.165) is 17.5 Å². The Morgan fingerprint density at radius 3 is 1.62 bits per heavy atom. The Kier molecular flexibility index (Phi) is 12.0. The summed E-state index contributed by atoms with van der Waals surface area (Å²) in [5, 5.41) is 0. The molecular formula is C18H36F5N. The molecule has 1 rings (SSSR count). The predicted octanol–water partition coefficient (Wildman–Crippen LogP) is 6.69. The molecule has 0 fully saturated rings. The van der Waals surface area contributed by atoms with Gasteiger partial charge in [-0.25, -0.2) is 8.78 Å². The van der Waals surface area contributed by atoms with E-state index in [1.807, 2.05) is 26.8 Å². The predicted molar refractivity (Wildman–Crippen MR) is 97.4 cm³/mol. The van der Waals surface area contributed by atoms with Crippen LogP contribution in [0.3, 0.4) is 0 Å². The lowest BCUT2D eigenvalue weighted by Gasteiger charge is -2.45.